The second-order valence-electron chi connectivity index (χ2n) is 20.7. The molecule has 14 heteroatoms. The molecule has 0 aromatic carbocycles. The van der Waals surface area contributed by atoms with E-state index >= 15 is 0 Å². The fraction of sp³-hybridized carbons (Fsp3) is 0.782. The lowest BCUT2D eigenvalue weighted by molar-refractivity contribution is -0.265. The van der Waals surface area contributed by atoms with E-state index in [4.69, 9.17) is 33.2 Å². The molecule has 15 atom stereocenters. The van der Waals surface area contributed by atoms with Gasteiger partial charge < -0.3 is 48.3 Å². The predicted molar refractivity (Wildman–Crippen MR) is 265 cm³/mol. The van der Waals surface area contributed by atoms with Gasteiger partial charge in [-0.3, -0.25) is 14.4 Å². The van der Waals surface area contributed by atoms with Crippen LogP contribution in [0.5, 0.6) is 0 Å². The number of allylic oxidation sites excluding steroid dienone is 6. The van der Waals surface area contributed by atoms with Crippen molar-refractivity contribution in [2.45, 2.75) is 193 Å². The first-order chi connectivity index (χ1) is 32.9. The normalized spacial score (nSPS) is 38.7. The summed E-state index contributed by atoms with van der Waals surface area (Å²) in [6.07, 6.45) is 15.8. The van der Waals surface area contributed by atoms with Crippen LogP contribution in [0, 0.1) is 35.5 Å². The predicted octanol–water partition coefficient (Wildman–Crippen LogP) is 8.06. The number of amides is 1. The highest BCUT2D eigenvalue weighted by molar-refractivity contribution is 6.39. The van der Waals surface area contributed by atoms with Crippen LogP contribution in [0.2, 0.25) is 0 Å². The van der Waals surface area contributed by atoms with Crippen molar-refractivity contribution in [1.29, 1.82) is 0 Å². The van der Waals surface area contributed by atoms with E-state index in [2.05, 4.69) is 6.92 Å². The molecule has 14 nitrogen and oxygen atoms in total. The van der Waals surface area contributed by atoms with E-state index < -0.39 is 65.9 Å². The Morgan fingerprint density at radius 1 is 0.812 bits per heavy atom. The summed E-state index contributed by atoms with van der Waals surface area (Å²) in [6, 6.07) is -1.02. The number of Topliss-reactive ketones (excluding diaryl/α,β-unsaturated/α-hetero) is 2. The summed E-state index contributed by atoms with van der Waals surface area (Å²) in [5, 5.41) is 23.5. The molecule has 1 amide bonds. The number of hydrogen-bond donors (Lipinski definition) is 2. The lowest BCUT2D eigenvalue weighted by atomic mass is 9.78. The number of ether oxygens (including phenoxy) is 7. The SMILES string of the molecule is CCOCCO[C@@H]1CC[C@@H](C[C@@H](C)[C@@H]2CC[C@H](C)/C=C(\C)[C@@H](O)[C@@H](OC)C(=O)[C@H](C)C[C@H](C)/C=C/C=C/C=C(\C)[C@@H](OC)C[C@@H]3CC[C@@H](C)[C@@](O)(O3)C(=O)C(=O)N3CCCC[C@H]3C(=O)O2)C[C@H]1OC. The molecule has 2 saturated heterocycles. The Morgan fingerprint density at radius 3 is 2.26 bits per heavy atom. The van der Waals surface area contributed by atoms with Crippen LogP contribution >= 0.6 is 0 Å². The van der Waals surface area contributed by atoms with Gasteiger partial charge in [-0.1, -0.05) is 71.1 Å². The average Bonchev–Trinajstić information content (AvgIpc) is 3.33. The summed E-state index contributed by atoms with van der Waals surface area (Å²) >= 11 is 0. The summed E-state index contributed by atoms with van der Waals surface area (Å²) in [5.74, 6) is -5.98. The molecule has 0 spiro atoms. The quantitative estimate of drug-likeness (QED) is 0.0881. The highest BCUT2D eigenvalue weighted by Crippen LogP contribution is 2.38. The minimum atomic E-state index is -2.38. The Kier molecular flexibility index (Phi) is 24.4. The first-order valence-electron chi connectivity index (χ1n) is 26.0. The van der Waals surface area contributed by atoms with Gasteiger partial charge >= 0.3 is 5.97 Å². The number of cyclic esters (lactones) is 1. The van der Waals surface area contributed by atoms with Crippen molar-refractivity contribution in [2.24, 2.45) is 35.5 Å². The molecule has 0 radical (unpaired) electrons. The molecule has 69 heavy (non-hydrogen) atoms. The molecule has 0 aromatic rings. The molecule has 3 aliphatic heterocycles. The van der Waals surface area contributed by atoms with E-state index in [-0.39, 0.29) is 54.1 Å². The number of esters is 1. The molecule has 0 aromatic heterocycles. The van der Waals surface area contributed by atoms with Crippen LogP contribution in [0.25, 0.3) is 0 Å². The van der Waals surface area contributed by atoms with Gasteiger partial charge in [-0.15, -0.1) is 0 Å². The van der Waals surface area contributed by atoms with Gasteiger partial charge in [-0.2, -0.15) is 0 Å². The van der Waals surface area contributed by atoms with Crippen LogP contribution in [0.4, 0.5) is 0 Å². The number of aliphatic hydroxyl groups excluding tert-OH is 1. The van der Waals surface area contributed by atoms with Crippen molar-refractivity contribution in [2.75, 3.05) is 47.7 Å². The molecule has 1 aliphatic carbocycles. The molecule has 2 N–H and O–H groups in total. The minimum absolute atomic E-state index is 0.0343. The molecular weight excluding hydrogens is 883 g/mol. The molecule has 3 heterocycles. The number of piperidine rings is 1. The van der Waals surface area contributed by atoms with E-state index in [1.54, 1.807) is 21.1 Å². The lowest BCUT2D eigenvalue weighted by Gasteiger charge is -2.42. The van der Waals surface area contributed by atoms with Gasteiger partial charge in [0.15, 0.2) is 5.78 Å². The number of hydrogen-bond acceptors (Lipinski definition) is 13. The first kappa shape index (κ1) is 58.5. The van der Waals surface area contributed by atoms with Crippen LogP contribution in [-0.4, -0.2) is 141 Å². The highest BCUT2D eigenvalue weighted by Gasteiger charge is 2.53. The van der Waals surface area contributed by atoms with Gasteiger partial charge in [0.2, 0.25) is 5.79 Å². The Labute approximate surface area is 413 Å². The molecule has 2 bridgehead atoms. The summed E-state index contributed by atoms with van der Waals surface area (Å²) in [6.45, 7) is 17.3. The Morgan fingerprint density at radius 2 is 1.57 bits per heavy atom. The Bertz CT molecular complexity index is 1760. The maximum absolute atomic E-state index is 14.5. The molecular formula is C55H89NO13. The molecule has 4 aliphatic rings. The van der Waals surface area contributed by atoms with Gasteiger partial charge in [0.05, 0.1) is 37.6 Å². The summed E-state index contributed by atoms with van der Waals surface area (Å²) in [7, 11) is 4.77. The van der Waals surface area contributed by atoms with Crippen molar-refractivity contribution < 1.29 is 62.5 Å². The standard InChI is InChI=1S/C55H89NO13/c1-12-66-28-29-67-46-26-23-42(33-48(46)64-10)32-38(5)45-25-21-36(3)31-40(7)50(58)51(65-11)49(57)39(6)30-35(2)18-14-13-15-19-37(4)47(63-9)34-43-24-22-41(8)55(62,69-43)52(59)53(60)56-27-17-16-20-44(56)54(61)68-45/h13-15,18-19,31,35-36,38-39,41-48,50-51,58,62H,12,16-17,20-30,32-34H2,1-11H3/b15-13+,18-14+,37-19+,40-31+/t35-,36+,38-,39-,41-,42+,43+,44+,45+,46-,47+,48-,50-,51+,55-/m1/s1. The fourth-order valence-corrected chi connectivity index (χ4v) is 10.9. The van der Waals surface area contributed by atoms with E-state index in [9.17, 15) is 29.4 Å². The number of nitrogens with zero attached hydrogens (tertiary/aromatic N) is 1. The number of carbonyl (C=O) groups is 4. The van der Waals surface area contributed by atoms with E-state index in [0.29, 0.717) is 83.2 Å². The number of ketones is 2. The molecule has 3 fully saturated rings. The Balaban J connectivity index is 1.65. The topological polar surface area (TPSA) is 177 Å². The van der Waals surface area contributed by atoms with Crippen LogP contribution < -0.4 is 0 Å². The summed E-state index contributed by atoms with van der Waals surface area (Å²) < 4.78 is 41.8. The number of carbonyl (C=O) groups excluding carboxylic acids is 4. The second kappa shape index (κ2) is 28.8. The van der Waals surface area contributed by atoms with Crippen molar-refractivity contribution in [1.82, 2.24) is 4.90 Å². The van der Waals surface area contributed by atoms with Gasteiger partial charge in [-0.05, 0) is 133 Å². The van der Waals surface area contributed by atoms with Crippen LogP contribution in [-0.2, 0) is 52.3 Å². The zero-order valence-electron chi connectivity index (χ0n) is 43.9. The van der Waals surface area contributed by atoms with Crippen molar-refractivity contribution in [3.63, 3.8) is 0 Å². The molecule has 392 valence electrons. The van der Waals surface area contributed by atoms with Crippen molar-refractivity contribution in [3.05, 3.63) is 47.6 Å². The zero-order valence-corrected chi connectivity index (χ0v) is 43.9. The molecule has 1 saturated carbocycles. The Hall–Kier alpha value is -3.08. The monoisotopic (exact) mass is 972 g/mol. The highest BCUT2D eigenvalue weighted by atomic mass is 16.6. The third-order valence-corrected chi connectivity index (χ3v) is 15.2. The number of fused-ring (bicyclic) bond motifs is 3. The van der Waals surface area contributed by atoms with Gasteiger partial charge in [0.25, 0.3) is 11.7 Å². The fourth-order valence-electron chi connectivity index (χ4n) is 10.9. The zero-order chi connectivity index (χ0) is 50.8. The van der Waals surface area contributed by atoms with Crippen LogP contribution in [0.1, 0.15) is 139 Å². The minimum Gasteiger partial charge on any atom is -0.461 e. The van der Waals surface area contributed by atoms with Crippen molar-refractivity contribution >= 4 is 23.4 Å². The number of aliphatic hydroxyl groups is 2. The maximum Gasteiger partial charge on any atom is 0.329 e. The number of methoxy groups -OCH3 is 3. The second-order valence-corrected chi connectivity index (χ2v) is 20.7. The third-order valence-electron chi connectivity index (χ3n) is 15.2. The van der Waals surface area contributed by atoms with Gasteiger partial charge in [-0.25, -0.2) is 4.79 Å². The molecule has 0 unspecified atom stereocenters. The first-order valence-corrected chi connectivity index (χ1v) is 26.0. The smallest absolute Gasteiger partial charge is 0.329 e. The van der Waals surface area contributed by atoms with E-state index in [1.807, 2.05) is 78.0 Å². The van der Waals surface area contributed by atoms with Gasteiger partial charge in [0, 0.05) is 52.7 Å². The van der Waals surface area contributed by atoms with Crippen LogP contribution in [0.3, 0.4) is 0 Å². The molecule has 4 rings (SSSR count). The lowest BCUT2D eigenvalue weighted by Crippen LogP contribution is -2.61. The number of rotatable bonds is 11. The summed E-state index contributed by atoms with van der Waals surface area (Å²) in [4.78, 5) is 58.2. The van der Waals surface area contributed by atoms with Crippen molar-refractivity contribution in [3.8, 4) is 0 Å². The summed E-state index contributed by atoms with van der Waals surface area (Å²) in [5.41, 5.74) is 1.52. The average molecular weight is 972 g/mol. The maximum atomic E-state index is 14.5. The van der Waals surface area contributed by atoms with Crippen LogP contribution in [0.15, 0.2) is 47.6 Å². The van der Waals surface area contributed by atoms with E-state index in [0.717, 1.165) is 31.3 Å². The largest absolute Gasteiger partial charge is 0.461 e. The third kappa shape index (κ3) is 16.7. The van der Waals surface area contributed by atoms with Gasteiger partial charge in [0.1, 0.15) is 24.4 Å². The van der Waals surface area contributed by atoms with E-state index in [1.165, 1.54) is 12.0 Å².